The number of nitrogens with zero attached hydrogens (tertiary/aromatic N) is 1. The number of rotatable bonds is 10. The first-order valence-corrected chi connectivity index (χ1v) is 14.8. The third-order valence-electron chi connectivity index (χ3n) is 6.83. The van der Waals surface area contributed by atoms with E-state index >= 15 is 0 Å². The number of benzene rings is 1. The molecule has 1 atom stereocenters. The Kier molecular flexibility index (Phi) is 21.7. The number of carboxylic acids is 1. The minimum atomic E-state index is -0.963. The fraction of sp³-hybridized carbons (Fsp3) is 0.559. The number of allylic oxidation sites excluding steroid dienone is 4. The van der Waals surface area contributed by atoms with Gasteiger partial charge in [0, 0.05) is 18.1 Å². The van der Waals surface area contributed by atoms with Gasteiger partial charge in [-0.15, -0.1) is 13.2 Å². The zero-order valence-corrected chi connectivity index (χ0v) is 26.8. The minimum absolute atomic E-state index is 0.538. The Bertz CT molecular complexity index is 874. The first-order valence-electron chi connectivity index (χ1n) is 14.5. The van der Waals surface area contributed by atoms with Crippen molar-refractivity contribution >= 4 is 17.6 Å². The van der Waals surface area contributed by atoms with Crippen LogP contribution in [-0.4, -0.2) is 40.7 Å². The number of likely N-dealkylation sites (tertiary alicyclic amines) is 1. The molecule has 1 heterocycles. The van der Waals surface area contributed by atoms with Gasteiger partial charge in [0.15, 0.2) is 0 Å². The lowest BCUT2D eigenvalue weighted by Crippen LogP contribution is -2.45. The van der Waals surface area contributed by atoms with Gasteiger partial charge in [0.05, 0.1) is 5.60 Å². The Hall–Kier alpha value is -2.14. The van der Waals surface area contributed by atoms with Gasteiger partial charge in [-0.25, -0.2) is 0 Å². The number of unbranched alkanes of at least 4 members (excludes halogenated alkanes) is 1. The van der Waals surface area contributed by atoms with E-state index in [4.69, 9.17) is 11.6 Å². The molecule has 4 nitrogen and oxygen atoms in total. The van der Waals surface area contributed by atoms with Crippen LogP contribution in [0.25, 0.3) is 0 Å². The van der Waals surface area contributed by atoms with Crippen molar-refractivity contribution in [1.29, 1.82) is 0 Å². The van der Waals surface area contributed by atoms with Crippen molar-refractivity contribution in [2.24, 2.45) is 5.41 Å². The lowest BCUT2D eigenvalue weighted by atomic mass is 9.71. The van der Waals surface area contributed by atoms with E-state index in [1.807, 2.05) is 78.8 Å². The number of hydrogen-bond donors (Lipinski definition) is 2. The molecule has 1 saturated heterocycles. The average Bonchev–Trinajstić information content (AvgIpc) is 2.91. The maximum absolute atomic E-state index is 12.6. The number of piperidine rings is 1. The topological polar surface area (TPSA) is 60.8 Å². The highest BCUT2D eigenvalue weighted by Gasteiger charge is 2.42. The van der Waals surface area contributed by atoms with Gasteiger partial charge < -0.3 is 15.1 Å². The molecule has 222 valence electrons. The number of aliphatic carboxylic acids is 1. The molecular weight excluding hydrogens is 506 g/mol. The lowest BCUT2D eigenvalue weighted by molar-refractivity contribution is -0.145. The molecule has 39 heavy (non-hydrogen) atoms. The zero-order chi connectivity index (χ0) is 30.5. The summed E-state index contributed by atoms with van der Waals surface area (Å²) in [4.78, 5) is 14.9. The molecule has 1 aromatic rings. The average molecular weight is 562 g/mol. The highest BCUT2D eigenvalue weighted by atomic mass is 35.5. The molecule has 1 aromatic carbocycles. The van der Waals surface area contributed by atoms with Crippen molar-refractivity contribution in [2.45, 2.75) is 99.5 Å². The molecule has 0 radical (unpaired) electrons. The summed E-state index contributed by atoms with van der Waals surface area (Å²) < 4.78 is 0. The van der Waals surface area contributed by atoms with Crippen LogP contribution in [0.15, 0.2) is 72.9 Å². The van der Waals surface area contributed by atoms with Crippen LogP contribution in [0, 0.1) is 5.41 Å². The molecule has 2 N–H and O–H groups in total. The summed E-state index contributed by atoms with van der Waals surface area (Å²) in [7, 11) is 0. The number of hydrogen-bond acceptors (Lipinski definition) is 3. The Morgan fingerprint density at radius 2 is 1.49 bits per heavy atom. The van der Waals surface area contributed by atoms with E-state index in [2.05, 4.69) is 31.1 Å². The van der Waals surface area contributed by atoms with Crippen LogP contribution in [0.1, 0.15) is 99.5 Å². The monoisotopic (exact) mass is 561 g/mol. The Morgan fingerprint density at radius 3 is 1.90 bits per heavy atom. The van der Waals surface area contributed by atoms with Crippen molar-refractivity contribution in [3.8, 4) is 0 Å². The van der Waals surface area contributed by atoms with Crippen molar-refractivity contribution in [1.82, 2.24) is 4.90 Å². The highest BCUT2D eigenvalue weighted by Crippen LogP contribution is 2.41. The summed E-state index contributed by atoms with van der Waals surface area (Å²) in [6, 6.07) is 7.43. The molecule has 2 rings (SSSR count). The molecule has 1 fully saturated rings. The van der Waals surface area contributed by atoms with E-state index in [0.717, 1.165) is 49.1 Å². The molecule has 1 aliphatic rings. The van der Waals surface area contributed by atoms with Crippen LogP contribution >= 0.6 is 11.6 Å². The predicted molar refractivity (Wildman–Crippen MR) is 172 cm³/mol. The molecule has 0 aromatic heterocycles. The summed E-state index contributed by atoms with van der Waals surface area (Å²) in [6.45, 7) is 24.7. The van der Waals surface area contributed by atoms with Gasteiger partial charge in [0.25, 0.3) is 0 Å². The maximum atomic E-state index is 12.6. The van der Waals surface area contributed by atoms with Gasteiger partial charge in [-0.05, 0) is 84.0 Å². The third kappa shape index (κ3) is 12.7. The summed E-state index contributed by atoms with van der Waals surface area (Å²) in [5, 5.41) is 22.1. The fourth-order valence-corrected chi connectivity index (χ4v) is 4.81. The summed E-state index contributed by atoms with van der Waals surface area (Å²) in [5.41, 5.74) is 0.937. The minimum Gasteiger partial charge on any atom is -0.480 e. The van der Waals surface area contributed by atoms with E-state index in [1.165, 1.54) is 0 Å². The van der Waals surface area contributed by atoms with Crippen molar-refractivity contribution in [3.05, 3.63) is 83.5 Å². The fourth-order valence-electron chi connectivity index (χ4n) is 4.69. The summed E-state index contributed by atoms with van der Waals surface area (Å²) >= 11 is 5.99. The molecule has 0 bridgehead atoms. The summed E-state index contributed by atoms with van der Waals surface area (Å²) in [5.74, 6) is -0.769. The molecule has 5 heteroatoms. The first kappa shape index (κ1) is 39.0. The van der Waals surface area contributed by atoms with Gasteiger partial charge in [-0.3, -0.25) is 4.79 Å². The van der Waals surface area contributed by atoms with E-state index < -0.39 is 17.0 Å². The van der Waals surface area contributed by atoms with E-state index in [0.29, 0.717) is 30.8 Å². The van der Waals surface area contributed by atoms with Gasteiger partial charge in [0.1, 0.15) is 5.41 Å². The van der Waals surface area contributed by atoms with E-state index in [1.54, 1.807) is 12.2 Å². The first-order chi connectivity index (χ1) is 18.5. The molecule has 1 aliphatic heterocycles. The highest BCUT2D eigenvalue weighted by molar-refractivity contribution is 6.30. The summed E-state index contributed by atoms with van der Waals surface area (Å²) in [6.07, 6.45) is 12.1. The molecule has 0 saturated carbocycles. The van der Waals surface area contributed by atoms with Crippen molar-refractivity contribution in [3.63, 3.8) is 0 Å². The normalized spacial score (nSPS) is 16.6. The third-order valence-corrected chi connectivity index (χ3v) is 7.08. The predicted octanol–water partition coefficient (Wildman–Crippen LogP) is 9.60. The van der Waals surface area contributed by atoms with Crippen LogP contribution in [0.3, 0.4) is 0 Å². The smallest absolute Gasteiger partial charge is 0.317 e. The largest absolute Gasteiger partial charge is 0.480 e. The number of aliphatic hydroxyl groups is 1. The Balaban J connectivity index is 0. The van der Waals surface area contributed by atoms with Crippen LogP contribution in [0.2, 0.25) is 5.02 Å². The van der Waals surface area contributed by atoms with Gasteiger partial charge in [-0.1, -0.05) is 93.3 Å². The van der Waals surface area contributed by atoms with Gasteiger partial charge in [0.2, 0.25) is 0 Å². The SMILES string of the molecule is C=CC.C=CC.CC.CC/C=C(\C)C(CCN1CCC(O)(c2ccc(Cl)cc2)CC1)(C(=O)O)/C(C)=C/CCC. The van der Waals surface area contributed by atoms with Crippen LogP contribution in [0.4, 0.5) is 0 Å². The maximum Gasteiger partial charge on any atom is 0.317 e. The Labute approximate surface area is 245 Å². The van der Waals surface area contributed by atoms with Crippen molar-refractivity contribution < 1.29 is 15.0 Å². The lowest BCUT2D eigenvalue weighted by Gasteiger charge is -2.40. The quantitative estimate of drug-likeness (QED) is 0.279. The number of carbonyl (C=O) groups is 1. The number of carboxylic acid groups (broad SMARTS) is 1. The second-order valence-electron chi connectivity index (χ2n) is 9.63. The van der Waals surface area contributed by atoms with E-state index in [-0.39, 0.29) is 0 Å². The molecule has 0 aliphatic carbocycles. The van der Waals surface area contributed by atoms with Crippen molar-refractivity contribution in [2.75, 3.05) is 19.6 Å². The van der Waals surface area contributed by atoms with Crippen LogP contribution < -0.4 is 0 Å². The van der Waals surface area contributed by atoms with Gasteiger partial charge >= 0.3 is 5.97 Å². The van der Waals surface area contributed by atoms with E-state index in [9.17, 15) is 15.0 Å². The molecule has 0 spiro atoms. The zero-order valence-electron chi connectivity index (χ0n) is 26.0. The molecule has 0 amide bonds. The molecular formula is C34H56ClNO3. The second kappa shape index (κ2) is 21.7. The standard InChI is InChI=1S/C26H38ClNO3.2C3H6.C2H6/c1-5-7-9-21(4)26(24(29)30,20(3)8-6-2)16-19-28-17-14-25(31,15-18-28)22-10-12-23(27)13-11-22;2*1-3-2;1-2/h8-13,31H,5-7,14-19H2,1-4H3,(H,29,30);2*3H,1H2,2H3;1-2H3/b20-8+,21-9+;;;. The van der Waals surface area contributed by atoms with Crippen LogP contribution in [0.5, 0.6) is 0 Å². The van der Waals surface area contributed by atoms with Gasteiger partial charge in [-0.2, -0.15) is 0 Å². The number of halogens is 1. The Morgan fingerprint density at radius 1 is 1.03 bits per heavy atom. The van der Waals surface area contributed by atoms with Crippen LogP contribution in [-0.2, 0) is 10.4 Å². The molecule has 1 unspecified atom stereocenters. The second-order valence-corrected chi connectivity index (χ2v) is 10.1.